The van der Waals surface area contributed by atoms with E-state index >= 15 is 0 Å². The third-order valence-corrected chi connectivity index (χ3v) is 4.92. The summed E-state index contributed by atoms with van der Waals surface area (Å²) in [5.74, 6) is -0.668. The Hall–Kier alpha value is -1.52. The Morgan fingerprint density at radius 1 is 1.52 bits per heavy atom. The first kappa shape index (κ1) is 14.4. The van der Waals surface area contributed by atoms with E-state index in [0.717, 1.165) is 30.4 Å². The van der Waals surface area contributed by atoms with Gasteiger partial charge in [0.15, 0.2) is 0 Å². The summed E-state index contributed by atoms with van der Waals surface area (Å²) in [6.07, 6.45) is 3.41. The number of rotatable bonds is 4. The van der Waals surface area contributed by atoms with Gasteiger partial charge in [-0.25, -0.2) is 0 Å². The third kappa shape index (κ3) is 2.54. The highest BCUT2D eigenvalue weighted by molar-refractivity contribution is 6.31. The molecule has 1 unspecified atom stereocenters. The average Bonchev–Trinajstić information content (AvgIpc) is 3.04. The van der Waals surface area contributed by atoms with Crippen LogP contribution in [0.15, 0.2) is 24.4 Å². The van der Waals surface area contributed by atoms with Gasteiger partial charge in [0.2, 0.25) is 0 Å². The van der Waals surface area contributed by atoms with Gasteiger partial charge in [0.25, 0.3) is 0 Å². The summed E-state index contributed by atoms with van der Waals surface area (Å²) in [6.45, 7) is 4.20. The Balaban J connectivity index is 1.79. The van der Waals surface area contributed by atoms with E-state index in [2.05, 4.69) is 9.88 Å². The summed E-state index contributed by atoms with van der Waals surface area (Å²) in [5, 5.41) is 11.3. The predicted octanol–water partition coefficient (Wildman–Crippen LogP) is 3.51. The minimum absolute atomic E-state index is 0.574. The molecule has 4 nitrogen and oxygen atoms in total. The number of nitrogens with zero attached hydrogens (tertiary/aromatic N) is 1. The van der Waals surface area contributed by atoms with Crippen molar-refractivity contribution in [3.8, 4) is 0 Å². The number of carboxylic acid groups (broad SMARTS) is 1. The van der Waals surface area contributed by atoms with Gasteiger partial charge < -0.3 is 10.1 Å². The lowest BCUT2D eigenvalue weighted by atomic mass is 9.84. The van der Waals surface area contributed by atoms with Crippen LogP contribution in [-0.4, -0.2) is 34.0 Å². The number of likely N-dealkylation sites (tertiary alicyclic amines) is 1. The standard InChI is InChI=1S/C16H19ClN2O2/c1-2-16(15(20)21)5-6-19(10-16)9-11-8-18-14-7-12(17)3-4-13(11)14/h3-4,7-8,18H,2,5-6,9-10H2,1H3,(H,20,21). The molecule has 0 amide bonds. The molecule has 21 heavy (non-hydrogen) atoms. The van der Waals surface area contributed by atoms with Crippen molar-refractivity contribution in [2.45, 2.75) is 26.3 Å². The summed E-state index contributed by atoms with van der Waals surface area (Å²) >= 11 is 5.99. The summed E-state index contributed by atoms with van der Waals surface area (Å²) in [4.78, 5) is 17.0. The topological polar surface area (TPSA) is 56.3 Å². The van der Waals surface area contributed by atoms with Gasteiger partial charge in [0, 0.05) is 35.2 Å². The Bertz CT molecular complexity index is 682. The normalized spacial score (nSPS) is 23.0. The van der Waals surface area contributed by atoms with E-state index in [0.29, 0.717) is 18.0 Å². The molecule has 1 aromatic carbocycles. The molecule has 1 aliphatic heterocycles. The van der Waals surface area contributed by atoms with Crippen LogP contribution >= 0.6 is 11.6 Å². The van der Waals surface area contributed by atoms with Crippen LogP contribution in [0, 0.1) is 5.41 Å². The maximum Gasteiger partial charge on any atom is 0.310 e. The molecule has 0 radical (unpaired) electrons. The number of halogens is 1. The first-order valence-corrected chi connectivity index (χ1v) is 7.63. The largest absolute Gasteiger partial charge is 0.481 e. The van der Waals surface area contributed by atoms with Gasteiger partial charge in [0.1, 0.15) is 0 Å². The smallest absolute Gasteiger partial charge is 0.310 e. The Labute approximate surface area is 128 Å². The van der Waals surface area contributed by atoms with Gasteiger partial charge in [-0.15, -0.1) is 0 Å². The third-order valence-electron chi connectivity index (χ3n) is 4.69. The van der Waals surface area contributed by atoms with Crippen LogP contribution in [0.4, 0.5) is 0 Å². The average molecular weight is 307 g/mol. The van der Waals surface area contributed by atoms with Gasteiger partial charge in [-0.05, 0) is 37.1 Å². The van der Waals surface area contributed by atoms with Crippen molar-refractivity contribution in [3.63, 3.8) is 0 Å². The fourth-order valence-electron chi connectivity index (χ4n) is 3.24. The van der Waals surface area contributed by atoms with E-state index in [1.807, 2.05) is 31.3 Å². The van der Waals surface area contributed by atoms with Crippen molar-refractivity contribution in [3.05, 3.63) is 35.0 Å². The number of aliphatic carboxylic acids is 1. The molecule has 1 fully saturated rings. The van der Waals surface area contributed by atoms with E-state index in [4.69, 9.17) is 11.6 Å². The second kappa shape index (κ2) is 5.35. The molecule has 112 valence electrons. The molecule has 1 saturated heterocycles. The van der Waals surface area contributed by atoms with Crippen LogP contribution in [0.5, 0.6) is 0 Å². The van der Waals surface area contributed by atoms with Gasteiger partial charge in [0.05, 0.1) is 5.41 Å². The molecule has 0 aliphatic carbocycles. The highest BCUT2D eigenvalue weighted by Crippen LogP contribution is 2.35. The molecule has 5 heteroatoms. The molecule has 1 aliphatic rings. The van der Waals surface area contributed by atoms with Gasteiger partial charge >= 0.3 is 5.97 Å². The molecule has 1 aromatic heterocycles. The molecule has 0 saturated carbocycles. The number of benzene rings is 1. The van der Waals surface area contributed by atoms with Crippen molar-refractivity contribution < 1.29 is 9.90 Å². The molecule has 2 heterocycles. The molecule has 0 spiro atoms. The minimum Gasteiger partial charge on any atom is -0.481 e. The van der Waals surface area contributed by atoms with Crippen LogP contribution in [0.1, 0.15) is 25.3 Å². The second-order valence-corrected chi connectivity index (χ2v) is 6.34. The van der Waals surface area contributed by atoms with Gasteiger partial charge in [-0.3, -0.25) is 9.69 Å². The molecular formula is C16H19ClN2O2. The van der Waals surface area contributed by atoms with Crippen LogP contribution in [0.25, 0.3) is 10.9 Å². The molecule has 0 bridgehead atoms. The van der Waals surface area contributed by atoms with E-state index < -0.39 is 11.4 Å². The zero-order valence-electron chi connectivity index (χ0n) is 12.0. The van der Waals surface area contributed by atoms with Gasteiger partial charge in [-0.1, -0.05) is 24.6 Å². The summed E-state index contributed by atoms with van der Waals surface area (Å²) < 4.78 is 0. The fraction of sp³-hybridized carbons (Fsp3) is 0.438. The zero-order valence-corrected chi connectivity index (χ0v) is 12.8. The lowest BCUT2D eigenvalue weighted by molar-refractivity contribution is -0.148. The van der Waals surface area contributed by atoms with Crippen LogP contribution in [-0.2, 0) is 11.3 Å². The number of aromatic nitrogens is 1. The molecule has 2 N–H and O–H groups in total. The van der Waals surface area contributed by atoms with E-state index in [1.165, 1.54) is 5.56 Å². The van der Waals surface area contributed by atoms with Gasteiger partial charge in [-0.2, -0.15) is 0 Å². The van der Waals surface area contributed by atoms with Crippen LogP contribution < -0.4 is 0 Å². The number of nitrogens with one attached hydrogen (secondary N) is 1. The number of hydrogen-bond acceptors (Lipinski definition) is 2. The van der Waals surface area contributed by atoms with Crippen molar-refractivity contribution >= 4 is 28.5 Å². The number of carbonyl (C=O) groups is 1. The van der Waals surface area contributed by atoms with Crippen molar-refractivity contribution in [1.29, 1.82) is 0 Å². The van der Waals surface area contributed by atoms with E-state index in [9.17, 15) is 9.90 Å². The highest BCUT2D eigenvalue weighted by atomic mass is 35.5. The van der Waals surface area contributed by atoms with Crippen molar-refractivity contribution in [2.75, 3.05) is 13.1 Å². The zero-order chi connectivity index (χ0) is 15.0. The maximum atomic E-state index is 11.5. The summed E-state index contributed by atoms with van der Waals surface area (Å²) in [7, 11) is 0. The SMILES string of the molecule is CCC1(C(=O)O)CCN(Cc2c[nH]c3cc(Cl)ccc23)C1. The Morgan fingerprint density at radius 3 is 3.00 bits per heavy atom. The number of carboxylic acids is 1. The lowest BCUT2D eigenvalue weighted by Gasteiger charge is -2.23. The minimum atomic E-state index is -0.668. The number of hydrogen-bond donors (Lipinski definition) is 2. The lowest BCUT2D eigenvalue weighted by Crippen LogP contribution is -2.33. The highest BCUT2D eigenvalue weighted by Gasteiger charge is 2.43. The molecule has 1 atom stereocenters. The monoisotopic (exact) mass is 306 g/mol. The number of aromatic amines is 1. The molecular weight excluding hydrogens is 288 g/mol. The number of fused-ring (bicyclic) bond motifs is 1. The Morgan fingerprint density at radius 2 is 2.33 bits per heavy atom. The van der Waals surface area contributed by atoms with Crippen LogP contribution in [0.2, 0.25) is 5.02 Å². The van der Waals surface area contributed by atoms with Crippen LogP contribution in [0.3, 0.4) is 0 Å². The van der Waals surface area contributed by atoms with Crippen molar-refractivity contribution in [2.24, 2.45) is 5.41 Å². The van der Waals surface area contributed by atoms with E-state index in [-0.39, 0.29) is 0 Å². The summed E-state index contributed by atoms with van der Waals surface area (Å²) in [5.41, 5.74) is 1.64. The maximum absolute atomic E-state index is 11.5. The predicted molar refractivity (Wildman–Crippen MR) is 83.6 cm³/mol. The second-order valence-electron chi connectivity index (χ2n) is 5.90. The quantitative estimate of drug-likeness (QED) is 0.909. The van der Waals surface area contributed by atoms with E-state index in [1.54, 1.807) is 0 Å². The molecule has 3 rings (SSSR count). The fourth-order valence-corrected chi connectivity index (χ4v) is 3.41. The molecule has 2 aromatic rings. The first-order valence-electron chi connectivity index (χ1n) is 7.25. The Kier molecular flexibility index (Phi) is 3.68. The van der Waals surface area contributed by atoms with Crippen molar-refractivity contribution in [1.82, 2.24) is 9.88 Å². The number of H-pyrrole nitrogens is 1. The first-order chi connectivity index (χ1) is 10.0. The summed E-state index contributed by atoms with van der Waals surface area (Å²) in [6, 6.07) is 5.82.